The fraction of sp³-hybridized carbons (Fsp3) is 0.333. The molecule has 4 rings (SSSR count). The fourth-order valence-electron chi connectivity index (χ4n) is 4.08. The van der Waals surface area contributed by atoms with Gasteiger partial charge in [-0.25, -0.2) is 4.68 Å². The van der Waals surface area contributed by atoms with E-state index >= 15 is 0 Å². The van der Waals surface area contributed by atoms with Crippen molar-refractivity contribution in [1.29, 1.82) is 0 Å². The number of aromatic nitrogens is 3. The fourth-order valence-corrected chi connectivity index (χ4v) is 4.08. The number of ether oxygens (including phenoxy) is 2. The molecule has 1 N–H and O–H groups in total. The molecule has 1 aliphatic heterocycles. The number of para-hydroxylation sites is 1. The number of nitrogens with zero attached hydrogens (tertiary/aromatic N) is 4. The summed E-state index contributed by atoms with van der Waals surface area (Å²) in [4.78, 5) is 27.6. The second-order valence-electron chi connectivity index (χ2n) is 7.83. The first-order valence-corrected chi connectivity index (χ1v) is 10.8. The van der Waals surface area contributed by atoms with Crippen molar-refractivity contribution in [3.63, 3.8) is 0 Å². The Balaban J connectivity index is 1.42. The van der Waals surface area contributed by atoms with E-state index in [1.54, 1.807) is 36.2 Å². The molecule has 3 aromatic rings. The van der Waals surface area contributed by atoms with Crippen LogP contribution in [0.5, 0.6) is 11.5 Å². The number of nitrogens with one attached hydrogen (secondary N) is 1. The van der Waals surface area contributed by atoms with Gasteiger partial charge < -0.3 is 19.7 Å². The van der Waals surface area contributed by atoms with Gasteiger partial charge in [0.2, 0.25) is 0 Å². The Labute approximate surface area is 192 Å². The van der Waals surface area contributed by atoms with Gasteiger partial charge in [-0.1, -0.05) is 41.6 Å². The molecule has 0 radical (unpaired) electrons. The van der Waals surface area contributed by atoms with E-state index in [0.29, 0.717) is 36.7 Å². The number of likely N-dealkylation sites (tertiary alicyclic amines) is 1. The maximum Gasteiger partial charge on any atom is 0.273 e. The van der Waals surface area contributed by atoms with E-state index in [0.717, 1.165) is 18.4 Å². The average molecular weight is 450 g/mol. The van der Waals surface area contributed by atoms with Gasteiger partial charge in [0.25, 0.3) is 11.8 Å². The van der Waals surface area contributed by atoms with Gasteiger partial charge in [-0.2, -0.15) is 0 Å². The number of rotatable bonds is 8. The van der Waals surface area contributed by atoms with Crippen molar-refractivity contribution < 1.29 is 19.1 Å². The summed E-state index contributed by atoms with van der Waals surface area (Å²) in [5, 5.41) is 11.0. The summed E-state index contributed by atoms with van der Waals surface area (Å²) in [7, 11) is 3.07. The lowest BCUT2D eigenvalue weighted by Gasteiger charge is -2.25. The average Bonchev–Trinajstić information content (AvgIpc) is 3.52. The van der Waals surface area contributed by atoms with Crippen LogP contribution in [0.3, 0.4) is 0 Å². The lowest BCUT2D eigenvalue weighted by molar-refractivity contribution is 0.0716. The van der Waals surface area contributed by atoms with Crippen molar-refractivity contribution in [2.24, 2.45) is 0 Å². The highest BCUT2D eigenvalue weighted by atomic mass is 16.5. The lowest BCUT2D eigenvalue weighted by atomic mass is 10.1. The molecule has 1 unspecified atom stereocenters. The molecule has 1 aromatic heterocycles. The predicted octanol–water partition coefficient (Wildman–Crippen LogP) is 2.53. The molecule has 33 heavy (non-hydrogen) atoms. The molecule has 0 saturated carbocycles. The summed E-state index contributed by atoms with van der Waals surface area (Å²) in [6.45, 7) is 1.51. The summed E-state index contributed by atoms with van der Waals surface area (Å²) in [5.41, 5.74) is 1.71. The van der Waals surface area contributed by atoms with Crippen LogP contribution in [0, 0.1) is 0 Å². The Morgan fingerprint density at radius 1 is 1.09 bits per heavy atom. The topological polar surface area (TPSA) is 98.6 Å². The largest absolute Gasteiger partial charge is 0.493 e. The number of amides is 2. The Kier molecular flexibility index (Phi) is 6.87. The Hall–Kier alpha value is -3.88. The summed E-state index contributed by atoms with van der Waals surface area (Å²) in [6, 6.07) is 14.9. The zero-order valence-electron chi connectivity index (χ0n) is 18.7. The SMILES string of the molecule is COc1cccc(C(=O)N2CCCC2Cn2cc(C(=O)NCc3ccccc3)nn2)c1OC. The minimum absolute atomic E-state index is 0.0599. The van der Waals surface area contributed by atoms with Crippen molar-refractivity contribution >= 4 is 11.8 Å². The van der Waals surface area contributed by atoms with Crippen LogP contribution in [0.15, 0.2) is 54.7 Å². The molecule has 9 heteroatoms. The number of hydrogen-bond acceptors (Lipinski definition) is 6. The standard InChI is InChI=1S/C24H27N5O4/c1-32-21-12-6-11-19(22(21)33-2)24(31)29-13-7-10-18(29)15-28-16-20(26-27-28)23(30)25-14-17-8-4-3-5-9-17/h3-6,8-9,11-12,16,18H,7,10,13-15H2,1-2H3,(H,25,30). The number of benzene rings is 2. The number of carbonyl (C=O) groups excluding carboxylic acids is 2. The molecular formula is C24H27N5O4. The summed E-state index contributed by atoms with van der Waals surface area (Å²) in [5.74, 6) is 0.537. The number of hydrogen-bond donors (Lipinski definition) is 1. The maximum atomic E-state index is 13.3. The van der Waals surface area contributed by atoms with E-state index in [1.807, 2.05) is 35.2 Å². The minimum Gasteiger partial charge on any atom is -0.493 e. The van der Waals surface area contributed by atoms with Gasteiger partial charge in [-0.3, -0.25) is 9.59 Å². The Bertz CT molecular complexity index is 1120. The summed E-state index contributed by atoms with van der Waals surface area (Å²) < 4.78 is 12.4. The highest BCUT2D eigenvalue weighted by Crippen LogP contribution is 2.33. The molecular weight excluding hydrogens is 422 g/mol. The first-order chi connectivity index (χ1) is 16.1. The summed E-state index contributed by atoms with van der Waals surface area (Å²) >= 11 is 0. The minimum atomic E-state index is -0.287. The molecule has 2 aromatic carbocycles. The third kappa shape index (κ3) is 4.97. The zero-order chi connectivity index (χ0) is 23.2. The van der Waals surface area contributed by atoms with Crippen LogP contribution in [0.4, 0.5) is 0 Å². The van der Waals surface area contributed by atoms with Crippen molar-refractivity contribution in [3.8, 4) is 11.5 Å². The van der Waals surface area contributed by atoms with Crippen LogP contribution in [0.1, 0.15) is 39.3 Å². The van der Waals surface area contributed by atoms with Gasteiger partial charge in [-0.05, 0) is 30.5 Å². The van der Waals surface area contributed by atoms with Crippen LogP contribution >= 0.6 is 0 Å². The van der Waals surface area contributed by atoms with E-state index < -0.39 is 0 Å². The van der Waals surface area contributed by atoms with Crippen LogP contribution in [-0.4, -0.2) is 58.5 Å². The van der Waals surface area contributed by atoms with Crippen molar-refractivity contribution in [2.75, 3.05) is 20.8 Å². The number of methoxy groups -OCH3 is 2. The summed E-state index contributed by atoms with van der Waals surface area (Å²) in [6.07, 6.45) is 3.35. The quantitative estimate of drug-likeness (QED) is 0.568. The highest BCUT2D eigenvalue weighted by Gasteiger charge is 2.32. The zero-order valence-corrected chi connectivity index (χ0v) is 18.7. The van der Waals surface area contributed by atoms with Gasteiger partial charge in [0.05, 0.1) is 38.6 Å². The molecule has 1 atom stereocenters. The molecule has 2 amide bonds. The lowest BCUT2D eigenvalue weighted by Crippen LogP contribution is -2.38. The van der Waals surface area contributed by atoms with Crippen LogP contribution in [-0.2, 0) is 13.1 Å². The molecule has 2 heterocycles. The molecule has 1 aliphatic rings. The van der Waals surface area contributed by atoms with Gasteiger partial charge in [-0.15, -0.1) is 5.10 Å². The molecule has 9 nitrogen and oxygen atoms in total. The monoisotopic (exact) mass is 449 g/mol. The molecule has 0 bridgehead atoms. The van der Waals surface area contributed by atoms with E-state index in [4.69, 9.17) is 9.47 Å². The van der Waals surface area contributed by atoms with E-state index in [9.17, 15) is 9.59 Å². The third-order valence-electron chi connectivity index (χ3n) is 5.74. The Morgan fingerprint density at radius 2 is 1.91 bits per heavy atom. The molecule has 172 valence electrons. The van der Waals surface area contributed by atoms with Crippen molar-refractivity contribution in [2.45, 2.75) is 32.0 Å². The first kappa shape index (κ1) is 22.3. The maximum absolute atomic E-state index is 13.3. The van der Waals surface area contributed by atoms with E-state index in [2.05, 4.69) is 15.6 Å². The number of carbonyl (C=O) groups is 2. The molecule has 1 fully saturated rings. The predicted molar refractivity (Wildman–Crippen MR) is 121 cm³/mol. The second kappa shape index (κ2) is 10.2. The molecule has 0 spiro atoms. The Morgan fingerprint density at radius 3 is 2.67 bits per heavy atom. The van der Waals surface area contributed by atoms with Crippen molar-refractivity contribution in [1.82, 2.24) is 25.2 Å². The third-order valence-corrected chi connectivity index (χ3v) is 5.74. The highest BCUT2D eigenvalue weighted by molar-refractivity contribution is 5.98. The van der Waals surface area contributed by atoms with Gasteiger partial charge in [0.1, 0.15) is 0 Å². The molecule has 0 aliphatic carbocycles. The van der Waals surface area contributed by atoms with Crippen LogP contribution in [0.25, 0.3) is 0 Å². The second-order valence-corrected chi connectivity index (χ2v) is 7.83. The van der Waals surface area contributed by atoms with Crippen molar-refractivity contribution in [3.05, 3.63) is 71.5 Å². The molecule has 1 saturated heterocycles. The van der Waals surface area contributed by atoms with Crippen LogP contribution < -0.4 is 14.8 Å². The first-order valence-electron chi connectivity index (χ1n) is 10.8. The van der Waals surface area contributed by atoms with Gasteiger partial charge >= 0.3 is 0 Å². The van der Waals surface area contributed by atoms with Crippen LogP contribution in [0.2, 0.25) is 0 Å². The smallest absolute Gasteiger partial charge is 0.273 e. The van der Waals surface area contributed by atoms with E-state index in [1.165, 1.54) is 7.11 Å². The van der Waals surface area contributed by atoms with Gasteiger partial charge in [0.15, 0.2) is 17.2 Å². The van der Waals surface area contributed by atoms with Gasteiger partial charge in [0, 0.05) is 13.1 Å². The van der Waals surface area contributed by atoms with E-state index in [-0.39, 0.29) is 23.6 Å². The normalized spacial score (nSPS) is 15.3.